The van der Waals surface area contributed by atoms with Crippen molar-refractivity contribution in [1.29, 1.82) is 0 Å². The smallest absolute Gasteiger partial charge is 0.263 e. The van der Waals surface area contributed by atoms with Crippen LogP contribution in [0.3, 0.4) is 0 Å². The lowest BCUT2D eigenvalue weighted by atomic mass is 10.1. The molecule has 0 aliphatic carbocycles. The molecule has 3 rings (SSSR count). The van der Waals surface area contributed by atoms with Crippen molar-refractivity contribution >= 4 is 33.0 Å². The molecule has 0 saturated heterocycles. The van der Waals surface area contributed by atoms with Crippen LogP contribution in [0.1, 0.15) is 28.4 Å². The zero-order chi connectivity index (χ0) is 20.3. The SMILES string of the molecule is CC(=O)c1ccc(Nc2ccc(NS(=O)(=O)c3cc(C)ccc3C)nc2)cc1. The van der Waals surface area contributed by atoms with Gasteiger partial charge in [-0.15, -0.1) is 0 Å². The molecule has 1 heterocycles. The predicted octanol–water partition coefficient (Wildman–Crippen LogP) is 4.45. The number of carbonyl (C=O) groups excluding carboxylic acids is 1. The van der Waals surface area contributed by atoms with Gasteiger partial charge in [-0.05, 0) is 74.4 Å². The number of hydrogen-bond donors (Lipinski definition) is 2. The van der Waals surface area contributed by atoms with E-state index in [0.29, 0.717) is 16.8 Å². The van der Waals surface area contributed by atoms with Crippen LogP contribution in [0.15, 0.2) is 65.7 Å². The predicted molar refractivity (Wildman–Crippen MR) is 111 cm³/mol. The summed E-state index contributed by atoms with van der Waals surface area (Å²) in [6.45, 7) is 5.12. The lowest BCUT2D eigenvalue weighted by Crippen LogP contribution is -2.15. The van der Waals surface area contributed by atoms with Crippen LogP contribution in [-0.2, 0) is 10.0 Å². The van der Waals surface area contributed by atoms with Crippen LogP contribution >= 0.6 is 0 Å². The average Bonchev–Trinajstić information content (AvgIpc) is 2.65. The molecule has 1 aromatic heterocycles. The Morgan fingerprint density at radius 1 is 0.929 bits per heavy atom. The first-order valence-electron chi connectivity index (χ1n) is 8.69. The van der Waals surface area contributed by atoms with E-state index < -0.39 is 10.0 Å². The van der Waals surface area contributed by atoms with Gasteiger partial charge < -0.3 is 5.32 Å². The minimum Gasteiger partial charge on any atom is -0.354 e. The normalized spacial score (nSPS) is 11.1. The number of Topliss-reactive ketones (excluding diaryl/α,β-unsaturated/α-hetero) is 1. The number of rotatable bonds is 6. The highest BCUT2D eigenvalue weighted by Gasteiger charge is 2.17. The third-order valence-electron chi connectivity index (χ3n) is 4.22. The lowest BCUT2D eigenvalue weighted by Gasteiger charge is -2.11. The highest BCUT2D eigenvalue weighted by molar-refractivity contribution is 7.92. The van der Waals surface area contributed by atoms with Crippen molar-refractivity contribution < 1.29 is 13.2 Å². The Morgan fingerprint density at radius 2 is 1.61 bits per heavy atom. The van der Waals surface area contributed by atoms with E-state index in [1.807, 2.05) is 13.0 Å². The van der Waals surface area contributed by atoms with Crippen molar-refractivity contribution in [3.8, 4) is 0 Å². The number of nitrogens with zero attached hydrogens (tertiary/aromatic N) is 1. The zero-order valence-corrected chi connectivity index (χ0v) is 16.7. The number of sulfonamides is 1. The molecule has 0 radical (unpaired) electrons. The molecule has 6 nitrogen and oxygen atoms in total. The average molecular weight is 395 g/mol. The van der Waals surface area contributed by atoms with Crippen molar-refractivity contribution in [2.24, 2.45) is 0 Å². The molecule has 0 saturated carbocycles. The van der Waals surface area contributed by atoms with E-state index in [-0.39, 0.29) is 16.5 Å². The number of hydrogen-bond acceptors (Lipinski definition) is 5. The van der Waals surface area contributed by atoms with Crippen LogP contribution in [0.2, 0.25) is 0 Å². The Hall–Kier alpha value is -3.19. The lowest BCUT2D eigenvalue weighted by molar-refractivity contribution is 0.101. The Balaban J connectivity index is 1.73. The largest absolute Gasteiger partial charge is 0.354 e. The first-order chi connectivity index (χ1) is 13.2. The minimum atomic E-state index is -3.72. The maximum Gasteiger partial charge on any atom is 0.263 e. The van der Waals surface area contributed by atoms with Crippen LogP contribution in [0.4, 0.5) is 17.2 Å². The summed E-state index contributed by atoms with van der Waals surface area (Å²) in [5, 5.41) is 3.16. The topological polar surface area (TPSA) is 88.2 Å². The van der Waals surface area contributed by atoms with Crippen molar-refractivity contribution in [1.82, 2.24) is 4.98 Å². The molecule has 0 bridgehead atoms. The van der Waals surface area contributed by atoms with Crippen molar-refractivity contribution in [2.45, 2.75) is 25.7 Å². The molecule has 0 aliphatic heterocycles. The molecule has 0 unspecified atom stereocenters. The fourth-order valence-electron chi connectivity index (χ4n) is 2.67. The number of ketones is 1. The Labute approximate surface area is 164 Å². The van der Waals surface area contributed by atoms with Gasteiger partial charge in [0.1, 0.15) is 5.82 Å². The van der Waals surface area contributed by atoms with E-state index in [9.17, 15) is 13.2 Å². The van der Waals surface area contributed by atoms with Gasteiger partial charge in [-0.2, -0.15) is 0 Å². The summed E-state index contributed by atoms with van der Waals surface area (Å²) in [5.41, 5.74) is 3.68. The maximum absolute atomic E-state index is 12.6. The molecule has 7 heteroatoms. The van der Waals surface area contributed by atoms with Crippen LogP contribution in [0.5, 0.6) is 0 Å². The molecule has 0 atom stereocenters. The van der Waals surface area contributed by atoms with Gasteiger partial charge in [-0.1, -0.05) is 12.1 Å². The van der Waals surface area contributed by atoms with E-state index in [2.05, 4.69) is 15.0 Å². The van der Waals surface area contributed by atoms with Crippen molar-refractivity contribution in [3.63, 3.8) is 0 Å². The monoisotopic (exact) mass is 395 g/mol. The first-order valence-corrected chi connectivity index (χ1v) is 10.2. The van der Waals surface area contributed by atoms with E-state index >= 15 is 0 Å². The number of nitrogens with one attached hydrogen (secondary N) is 2. The molecule has 3 aromatic rings. The summed E-state index contributed by atoms with van der Waals surface area (Å²) >= 11 is 0. The fourth-order valence-corrected chi connectivity index (χ4v) is 4.01. The van der Waals surface area contributed by atoms with Gasteiger partial charge in [0, 0.05) is 11.3 Å². The molecule has 2 aromatic carbocycles. The summed E-state index contributed by atoms with van der Waals surface area (Å²) in [4.78, 5) is 15.7. The van der Waals surface area contributed by atoms with E-state index in [0.717, 1.165) is 11.3 Å². The first kappa shape index (κ1) is 19.6. The number of anilines is 3. The molecule has 0 aliphatic rings. The maximum atomic E-state index is 12.6. The second-order valence-electron chi connectivity index (χ2n) is 6.57. The minimum absolute atomic E-state index is 0.00806. The quantitative estimate of drug-likeness (QED) is 0.602. The standard InChI is InChI=1S/C21H21N3O3S/c1-14-4-5-15(2)20(12-14)28(26,27)24-21-11-10-19(13-22-21)23-18-8-6-17(7-9-18)16(3)25/h4-13,23H,1-3H3,(H,22,24). The van der Waals surface area contributed by atoms with Gasteiger partial charge in [0.15, 0.2) is 5.78 Å². The molecule has 144 valence electrons. The van der Waals surface area contributed by atoms with Crippen molar-refractivity contribution in [2.75, 3.05) is 10.0 Å². The second kappa shape index (κ2) is 7.82. The fraction of sp³-hybridized carbons (Fsp3) is 0.143. The Morgan fingerprint density at radius 3 is 2.21 bits per heavy atom. The molecule has 2 N–H and O–H groups in total. The molecular weight excluding hydrogens is 374 g/mol. The number of pyridine rings is 1. The third-order valence-corrected chi connectivity index (χ3v) is 5.71. The number of aryl methyl sites for hydroxylation is 2. The Bertz CT molecular complexity index is 1110. The Kier molecular flexibility index (Phi) is 5.46. The van der Waals surface area contributed by atoms with Crippen molar-refractivity contribution in [3.05, 3.63) is 77.5 Å². The van der Waals surface area contributed by atoms with E-state index in [1.54, 1.807) is 61.7 Å². The van der Waals surface area contributed by atoms with Gasteiger partial charge in [0.2, 0.25) is 0 Å². The summed E-state index contributed by atoms with van der Waals surface area (Å²) in [6, 6.07) is 15.7. The van der Waals surface area contributed by atoms with Crippen LogP contribution in [-0.4, -0.2) is 19.2 Å². The summed E-state index contributed by atoms with van der Waals surface area (Å²) < 4.78 is 27.8. The van der Waals surface area contributed by atoms with Crippen LogP contribution in [0.25, 0.3) is 0 Å². The second-order valence-corrected chi connectivity index (χ2v) is 8.22. The number of carbonyl (C=O) groups is 1. The van der Waals surface area contributed by atoms with E-state index in [1.165, 1.54) is 6.92 Å². The molecule has 0 spiro atoms. The third kappa shape index (κ3) is 4.55. The van der Waals surface area contributed by atoms with Gasteiger partial charge >= 0.3 is 0 Å². The summed E-state index contributed by atoms with van der Waals surface area (Å²) in [5.74, 6) is 0.243. The number of aromatic nitrogens is 1. The zero-order valence-electron chi connectivity index (χ0n) is 15.9. The highest BCUT2D eigenvalue weighted by Crippen LogP contribution is 2.22. The highest BCUT2D eigenvalue weighted by atomic mass is 32.2. The summed E-state index contributed by atoms with van der Waals surface area (Å²) in [6.07, 6.45) is 1.54. The molecular formula is C21H21N3O3S. The van der Waals surface area contributed by atoms with Crippen LogP contribution in [0, 0.1) is 13.8 Å². The number of benzene rings is 2. The molecule has 28 heavy (non-hydrogen) atoms. The molecule has 0 fully saturated rings. The molecule has 0 amide bonds. The van der Waals surface area contributed by atoms with Gasteiger partial charge in [-0.3, -0.25) is 9.52 Å². The van der Waals surface area contributed by atoms with Gasteiger partial charge in [0.25, 0.3) is 10.0 Å². The van der Waals surface area contributed by atoms with Gasteiger partial charge in [-0.25, -0.2) is 13.4 Å². The summed E-state index contributed by atoms with van der Waals surface area (Å²) in [7, 11) is -3.72. The van der Waals surface area contributed by atoms with Gasteiger partial charge in [0.05, 0.1) is 16.8 Å². The van der Waals surface area contributed by atoms with E-state index in [4.69, 9.17) is 0 Å². The van der Waals surface area contributed by atoms with Crippen LogP contribution < -0.4 is 10.0 Å².